The van der Waals surface area contributed by atoms with Crippen LogP contribution in [0.3, 0.4) is 0 Å². The molecule has 2 unspecified atom stereocenters. The topological polar surface area (TPSA) is 86.8 Å². The van der Waals surface area contributed by atoms with E-state index >= 15 is 0 Å². The molecule has 0 fully saturated rings. The van der Waals surface area contributed by atoms with Crippen LogP contribution < -0.4 is 9.62 Å². The second-order valence-corrected chi connectivity index (χ2v) is 13.6. The Morgan fingerprint density at radius 1 is 0.822 bits per heavy atom. The van der Waals surface area contributed by atoms with Gasteiger partial charge in [-0.25, -0.2) is 8.42 Å². The highest BCUT2D eigenvalue weighted by Crippen LogP contribution is 2.29. The fourth-order valence-electron chi connectivity index (χ4n) is 4.81. The predicted molar refractivity (Wildman–Crippen MR) is 181 cm³/mol. The SMILES string of the molecule is CCC(C)NC(=O)C(Cc1ccccc1)N(Cc1c(Cl)cccc1Cl)C(=O)CN(c1ccccc1)S(=O)(=O)c1ccc(C)cc1. The van der Waals surface area contributed by atoms with Crippen molar-refractivity contribution in [3.63, 3.8) is 0 Å². The summed E-state index contributed by atoms with van der Waals surface area (Å²) in [4.78, 5) is 29.9. The zero-order chi connectivity index (χ0) is 32.6. The molecule has 0 aliphatic rings. The summed E-state index contributed by atoms with van der Waals surface area (Å²) in [6, 6.07) is 28.1. The summed E-state index contributed by atoms with van der Waals surface area (Å²) in [5.74, 6) is -0.955. The van der Waals surface area contributed by atoms with Gasteiger partial charge in [0.25, 0.3) is 10.0 Å². The molecular weight excluding hydrogens is 629 g/mol. The van der Waals surface area contributed by atoms with Gasteiger partial charge in [0, 0.05) is 34.6 Å². The second-order valence-electron chi connectivity index (χ2n) is 10.9. The van der Waals surface area contributed by atoms with Crippen molar-refractivity contribution in [1.82, 2.24) is 10.2 Å². The second kappa shape index (κ2) is 15.4. The first-order chi connectivity index (χ1) is 21.5. The number of carbonyl (C=O) groups excluding carboxylic acids is 2. The van der Waals surface area contributed by atoms with Gasteiger partial charge in [-0.1, -0.05) is 102 Å². The van der Waals surface area contributed by atoms with Gasteiger partial charge >= 0.3 is 0 Å². The number of sulfonamides is 1. The van der Waals surface area contributed by atoms with Gasteiger partial charge in [-0.2, -0.15) is 0 Å². The lowest BCUT2D eigenvalue weighted by molar-refractivity contribution is -0.140. The van der Waals surface area contributed by atoms with Crippen LogP contribution in [0.15, 0.2) is 108 Å². The van der Waals surface area contributed by atoms with Crippen molar-refractivity contribution in [3.05, 3.63) is 130 Å². The zero-order valence-corrected chi connectivity index (χ0v) is 27.8. The van der Waals surface area contributed by atoms with Crippen LogP contribution in [-0.2, 0) is 32.6 Å². The number of hydrogen-bond donors (Lipinski definition) is 1. The molecule has 0 saturated carbocycles. The molecule has 4 aromatic rings. The zero-order valence-electron chi connectivity index (χ0n) is 25.5. The quantitative estimate of drug-likeness (QED) is 0.166. The van der Waals surface area contributed by atoms with Crippen molar-refractivity contribution < 1.29 is 18.0 Å². The first-order valence-electron chi connectivity index (χ1n) is 14.7. The molecule has 0 aromatic heterocycles. The van der Waals surface area contributed by atoms with Gasteiger partial charge in [0.2, 0.25) is 11.8 Å². The molecule has 0 bridgehead atoms. The van der Waals surface area contributed by atoms with E-state index in [1.165, 1.54) is 17.0 Å². The Morgan fingerprint density at radius 2 is 1.40 bits per heavy atom. The fraction of sp³-hybridized carbons (Fsp3) is 0.257. The Bertz CT molecular complexity index is 1680. The average molecular weight is 667 g/mol. The lowest BCUT2D eigenvalue weighted by Gasteiger charge is -2.34. The molecule has 0 aliphatic heterocycles. The Kier molecular flexibility index (Phi) is 11.7. The Balaban J connectivity index is 1.82. The number of nitrogens with one attached hydrogen (secondary N) is 1. The summed E-state index contributed by atoms with van der Waals surface area (Å²) < 4.78 is 29.2. The minimum absolute atomic E-state index is 0.0424. The van der Waals surface area contributed by atoms with E-state index in [-0.39, 0.29) is 29.8 Å². The average Bonchev–Trinajstić information content (AvgIpc) is 3.03. The monoisotopic (exact) mass is 665 g/mol. The number of anilines is 1. The van der Waals surface area contributed by atoms with Gasteiger partial charge in [-0.15, -0.1) is 0 Å². The summed E-state index contributed by atoms with van der Waals surface area (Å²) >= 11 is 13.1. The van der Waals surface area contributed by atoms with Crippen LogP contribution in [0.5, 0.6) is 0 Å². The van der Waals surface area contributed by atoms with Crippen molar-refractivity contribution >= 4 is 50.7 Å². The molecule has 0 heterocycles. The van der Waals surface area contributed by atoms with E-state index in [2.05, 4.69) is 5.32 Å². The fourth-order valence-corrected chi connectivity index (χ4v) is 6.74. The van der Waals surface area contributed by atoms with E-state index < -0.39 is 28.5 Å². The molecule has 2 atom stereocenters. The third-order valence-electron chi connectivity index (χ3n) is 7.59. The van der Waals surface area contributed by atoms with E-state index in [0.29, 0.717) is 27.7 Å². The van der Waals surface area contributed by atoms with Crippen LogP contribution in [-0.4, -0.2) is 43.8 Å². The van der Waals surface area contributed by atoms with Gasteiger partial charge in [0.1, 0.15) is 12.6 Å². The van der Waals surface area contributed by atoms with Crippen LogP contribution in [0.25, 0.3) is 0 Å². The number of nitrogens with zero attached hydrogens (tertiary/aromatic N) is 2. The van der Waals surface area contributed by atoms with E-state index in [1.54, 1.807) is 60.7 Å². The predicted octanol–water partition coefficient (Wildman–Crippen LogP) is 7.05. The maximum atomic E-state index is 14.5. The Labute approximate surface area is 275 Å². The Hall–Kier alpha value is -3.85. The molecule has 0 saturated heterocycles. The van der Waals surface area contributed by atoms with Crippen molar-refractivity contribution in [2.75, 3.05) is 10.8 Å². The number of hydrogen-bond acceptors (Lipinski definition) is 4. The first kappa shape index (κ1) is 34.0. The summed E-state index contributed by atoms with van der Waals surface area (Å²) in [6.45, 7) is 5.03. The maximum Gasteiger partial charge on any atom is 0.264 e. The highest BCUT2D eigenvalue weighted by atomic mass is 35.5. The molecule has 0 aliphatic carbocycles. The van der Waals surface area contributed by atoms with Crippen molar-refractivity contribution in [3.8, 4) is 0 Å². The molecule has 4 aromatic carbocycles. The number of para-hydroxylation sites is 1. The lowest BCUT2D eigenvalue weighted by Crippen LogP contribution is -2.54. The van der Waals surface area contributed by atoms with Crippen molar-refractivity contribution in [2.24, 2.45) is 0 Å². The van der Waals surface area contributed by atoms with Gasteiger partial charge in [-0.05, 0) is 62.2 Å². The molecule has 45 heavy (non-hydrogen) atoms. The van der Waals surface area contributed by atoms with E-state index in [0.717, 1.165) is 15.4 Å². The number of halogens is 2. The summed E-state index contributed by atoms with van der Waals surface area (Å²) in [5, 5.41) is 3.67. The lowest BCUT2D eigenvalue weighted by atomic mass is 10.0. The summed E-state index contributed by atoms with van der Waals surface area (Å²) in [7, 11) is -4.18. The highest BCUT2D eigenvalue weighted by Gasteiger charge is 2.35. The van der Waals surface area contributed by atoms with Gasteiger partial charge in [0.15, 0.2) is 0 Å². The minimum Gasteiger partial charge on any atom is -0.352 e. The van der Waals surface area contributed by atoms with E-state index in [1.807, 2.05) is 51.1 Å². The van der Waals surface area contributed by atoms with Crippen LogP contribution in [0.2, 0.25) is 10.0 Å². The molecule has 4 rings (SSSR count). The number of amides is 2. The largest absolute Gasteiger partial charge is 0.352 e. The number of aryl methyl sites for hydroxylation is 1. The first-order valence-corrected chi connectivity index (χ1v) is 16.9. The van der Waals surface area contributed by atoms with E-state index in [4.69, 9.17) is 23.2 Å². The number of rotatable bonds is 13. The molecular formula is C35H37Cl2N3O4S. The normalized spacial score (nSPS) is 12.6. The smallest absolute Gasteiger partial charge is 0.264 e. The van der Waals surface area contributed by atoms with Crippen LogP contribution in [0.1, 0.15) is 37.0 Å². The third-order valence-corrected chi connectivity index (χ3v) is 10.1. The maximum absolute atomic E-state index is 14.5. The van der Waals surface area contributed by atoms with Gasteiger partial charge in [-0.3, -0.25) is 13.9 Å². The van der Waals surface area contributed by atoms with E-state index in [9.17, 15) is 18.0 Å². The molecule has 236 valence electrons. The number of benzene rings is 4. The van der Waals surface area contributed by atoms with Crippen LogP contribution in [0.4, 0.5) is 5.69 Å². The van der Waals surface area contributed by atoms with Crippen molar-refractivity contribution in [2.45, 2.75) is 57.1 Å². The molecule has 10 heteroatoms. The Morgan fingerprint density at radius 3 is 1.98 bits per heavy atom. The summed E-state index contributed by atoms with van der Waals surface area (Å²) in [5.41, 5.74) is 2.49. The summed E-state index contributed by atoms with van der Waals surface area (Å²) in [6.07, 6.45) is 0.873. The van der Waals surface area contributed by atoms with Crippen LogP contribution >= 0.6 is 23.2 Å². The molecule has 1 N–H and O–H groups in total. The molecule has 7 nitrogen and oxygen atoms in total. The molecule has 2 amide bonds. The van der Waals surface area contributed by atoms with Gasteiger partial charge < -0.3 is 10.2 Å². The minimum atomic E-state index is -4.18. The highest BCUT2D eigenvalue weighted by molar-refractivity contribution is 7.92. The standard InChI is InChI=1S/C35H37Cl2N3O4S/c1-4-26(3)38-35(42)33(22-27-12-7-5-8-13-27)39(23-30-31(36)16-11-17-32(30)37)34(41)24-40(28-14-9-6-10-15-28)45(43,44)29-20-18-25(2)19-21-29/h5-21,26,33H,4,22-24H2,1-3H3,(H,38,42). The number of carbonyl (C=O) groups is 2. The van der Waals surface area contributed by atoms with Crippen molar-refractivity contribution in [1.29, 1.82) is 0 Å². The molecule has 0 spiro atoms. The van der Waals surface area contributed by atoms with Gasteiger partial charge in [0.05, 0.1) is 10.6 Å². The third kappa shape index (κ3) is 8.66. The van der Waals surface area contributed by atoms with Crippen LogP contribution in [0, 0.1) is 6.92 Å². The molecule has 0 radical (unpaired) electrons.